The summed E-state index contributed by atoms with van der Waals surface area (Å²) in [5.41, 5.74) is 0.653. The molecule has 33 heavy (non-hydrogen) atoms. The van der Waals surface area contributed by atoms with Gasteiger partial charge in [0, 0.05) is 24.9 Å². The maximum Gasteiger partial charge on any atom is 0.222 e. The van der Waals surface area contributed by atoms with Crippen molar-refractivity contribution < 1.29 is 9.53 Å². The van der Waals surface area contributed by atoms with Crippen molar-refractivity contribution in [1.29, 1.82) is 0 Å². The summed E-state index contributed by atoms with van der Waals surface area (Å²) in [4.78, 5) is 14.6. The molecule has 4 aliphatic rings. The fraction of sp³-hybridized carbons (Fsp3) is 0.633. The Morgan fingerprint density at radius 3 is 2.64 bits per heavy atom. The average Bonchev–Trinajstić information content (AvgIpc) is 3.14. The van der Waals surface area contributed by atoms with Crippen molar-refractivity contribution in [2.75, 3.05) is 7.05 Å². The van der Waals surface area contributed by atoms with E-state index in [4.69, 9.17) is 4.74 Å². The molecule has 1 saturated heterocycles. The van der Waals surface area contributed by atoms with Gasteiger partial charge < -0.3 is 9.64 Å². The van der Waals surface area contributed by atoms with Crippen LogP contribution in [0, 0.1) is 34.5 Å². The summed E-state index contributed by atoms with van der Waals surface area (Å²) in [6.45, 7) is 7.55. The van der Waals surface area contributed by atoms with Crippen molar-refractivity contribution in [1.82, 2.24) is 4.90 Å². The highest BCUT2D eigenvalue weighted by Gasteiger charge is 2.62. The lowest BCUT2D eigenvalue weighted by Gasteiger charge is -2.63. The van der Waals surface area contributed by atoms with Gasteiger partial charge in [0.2, 0.25) is 5.91 Å². The van der Waals surface area contributed by atoms with Crippen LogP contribution in [-0.4, -0.2) is 30.0 Å². The average molecular weight is 446 g/mol. The summed E-state index contributed by atoms with van der Waals surface area (Å²) >= 11 is 0. The first-order valence-electron chi connectivity index (χ1n) is 13.2. The third-order valence-corrected chi connectivity index (χ3v) is 10.7. The third-order valence-electron chi connectivity index (χ3n) is 10.7. The zero-order valence-corrected chi connectivity index (χ0v) is 20.7. The highest BCUT2D eigenvalue weighted by atomic mass is 16.5. The smallest absolute Gasteiger partial charge is 0.222 e. The van der Waals surface area contributed by atoms with Crippen LogP contribution in [-0.2, 0) is 4.79 Å². The number of fused-ring (bicyclic) bond motifs is 6. The summed E-state index contributed by atoms with van der Waals surface area (Å²) in [7, 11) is 2.06. The fourth-order valence-electron chi connectivity index (χ4n) is 9.02. The first kappa shape index (κ1) is 21.5. The SMILES string of the molecule is C[C@H]1C[C@H]2N(C)C(=O)CC[C@]2(C)[C@H]2CC[C@]3(C)C[C@@H](Oc4cccc5ccccc45)C[C@H]3C12. The molecule has 3 nitrogen and oxygen atoms in total. The minimum Gasteiger partial charge on any atom is -0.490 e. The van der Waals surface area contributed by atoms with Gasteiger partial charge in [0.05, 0.1) is 6.10 Å². The molecule has 1 unspecified atom stereocenters. The predicted molar refractivity (Wildman–Crippen MR) is 133 cm³/mol. The Hall–Kier alpha value is -2.03. The number of benzene rings is 2. The van der Waals surface area contributed by atoms with Crippen molar-refractivity contribution in [3.05, 3.63) is 42.5 Å². The first-order valence-corrected chi connectivity index (χ1v) is 13.2. The van der Waals surface area contributed by atoms with E-state index in [-0.39, 0.29) is 5.41 Å². The predicted octanol–water partition coefficient (Wildman–Crippen LogP) is 6.70. The van der Waals surface area contributed by atoms with Crippen LogP contribution in [0.4, 0.5) is 0 Å². The van der Waals surface area contributed by atoms with Crippen LogP contribution in [0.5, 0.6) is 5.75 Å². The molecule has 0 spiro atoms. The Morgan fingerprint density at radius 1 is 1.00 bits per heavy atom. The van der Waals surface area contributed by atoms with E-state index >= 15 is 0 Å². The van der Waals surface area contributed by atoms with E-state index in [0.717, 1.165) is 36.3 Å². The largest absolute Gasteiger partial charge is 0.490 e. The number of hydrogen-bond acceptors (Lipinski definition) is 2. The summed E-state index contributed by atoms with van der Waals surface area (Å²) < 4.78 is 6.77. The molecular weight excluding hydrogens is 406 g/mol. The molecule has 6 rings (SSSR count). The number of carbonyl (C=O) groups is 1. The summed E-state index contributed by atoms with van der Waals surface area (Å²) in [6, 6.07) is 15.5. The molecule has 0 N–H and O–H groups in total. The lowest BCUT2D eigenvalue weighted by molar-refractivity contribution is -0.164. The Labute approximate surface area is 198 Å². The molecule has 3 saturated carbocycles. The summed E-state index contributed by atoms with van der Waals surface area (Å²) in [5.74, 6) is 4.29. The van der Waals surface area contributed by atoms with Crippen LogP contribution < -0.4 is 4.74 Å². The van der Waals surface area contributed by atoms with Gasteiger partial charge in [-0.1, -0.05) is 57.2 Å². The number of amides is 1. The van der Waals surface area contributed by atoms with Crippen LogP contribution in [0.2, 0.25) is 0 Å². The molecule has 1 aliphatic heterocycles. The third kappa shape index (κ3) is 3.17. The monoisotopic (exact) mass is 445 g/mol. The fourth-order valence-corrected chi connectivity index (χ4v) is 9.02. The number of rotatable bonds is 2. The lowest BCUT2D eigenvalue weighted by atomic mass is 9.45. The van der Waals surface area contributed by atoms with Gasteiger partial charge >= 0.3 is 0 Å². The Balaban J connectivity index is 1.28. The molecule has 0 aromatic heterocycles. The van der Waals surface area contributed by atoms with Gasteiger partial charge in [-0.25, -0.2) is 0 Å². The number of likely N-dealkylation sites (tertiary alicyclic amines) is 1. The highest BCUT2D eigenvalue weighted by Crippen LogP contribution is 2.66. The van der Waals surface area contributed by atoms with Crippen molar-refractivity contribution in [3.63, 3.8) is 0 Å². The number of ether oxygens (including phenoxy) is 1. The maximum absolute atomic E-state index is 12.5. The van der Waals surface area contributed by atoms with Gasteiger partial charge in [0.1, 0.15) is 5.75 Å². The number of hydrogen-bond donors (Lipinski definition) is 0. The molecule has 2 aromatic carbocycles. The second kappa shape index (κ2) is 7.48. The molecule has 2 aromatic rings. The van der Waals surface area contributed by atoms with Crippen molar-refractivity contribution in [2.45, 2.75) is 77.9 Å². The first-order chi connectivity index (χ1) is 15.8. The molecule has 0 radical (unpaired) electrons. The van der Waals surface area contributed by atoms with Crippen LogP contribution >= 0.6 is 0 Å². The van der Waals surface area contributed by atoms with Crippen LogP contribution in [0.15, 0.2) is 42.5 Å². The lowest BCUT2D eigenvalue weighted by Crippen LogP contribution is -2.62. The molecule has 0 bridgehead atoms. The zero-order valence-electron chi connectivity index (χ0n) is 20.7. The molecule has 8 atom stereocenters. The van der Waals surface area contributed by atoms with Gasteiger partial charge in [-0.05, 0) is 84.5 Å². The molecular formula is C30H39NO2. The normalized spacial score (nSPS) is 42.5. The quantitative estimate of drug-likeness (QED) is 0.515. The number of piperidine rings is 1. The van der Waals surface area contributed by atoms with Crippen LogP contribution in [0.25, 0.3) is 10.8 Å². The van der Waals surface area contributed by atoms with Gasteiger partial charge in [-0.3, -0.25) is 4.79 Å². The van der Waals surface area contributed by atoms with Crippen LogP contribution in [0.3, 0.4) is 0 Å². The van der Waals surface area contributed by atoms with E-state index in [1.54, 1.807) is 0 Å². The second-order valence-electron chi connectivity index (χ2n) is 12.4. The van der Waals surface area contributed by atoms with Gasteiger partial charge in [0.15, 0.2) is 0 Å². The summed E-state index contributed by atoms with van der Waals surface area (Å²) in [6.07, 6.45) is 8.26. The van der Waals surface area contributed by atoms with E-state index in [1.165, 1.54) is 42.9 Å². The van der Waals surface area contributed by atoms with Gasteiger partial charge in [0.25, 0.3) is 0 Å². The standard InChI is InChI=1S/C30H39NO2/c1-19-16-26-30(3,15-13-27(32)31(26)4)23-12-14-29(2)18-21(17-24(29)28(19)23)33-25-11-7-9-20-8-5-6-10-22(20)25/h5-11,19,21,23-24,26,28H,12-18H2,1-4H3/t19-,21-,23-,24-,26+,28?,29+,30+/m0/s1. The summed E-state index contributed by atoms with van der Waals surface area (Å²) in [5, 5.41) is 2.49. The minimum absolute atomic E-state index is 0.274. The van der Waals surface area contributed by atoms with Crippen molar-refractivity contribution in [2.24, 2.45) is 34.5 Å². The second-order valence-corrected chi connectivity index (χ2v) is 12.4. The van der Waals surface area contributed by atoms with E-state index < -0.39 is 0 Å². The van der Waals surface area contributed by atoms with E-state index in [1.807, 2.05) is 0 Å². The number of carbonyl (C=O) groups excluding carboxylic acids is 1. The maximum atomic E-state index is 12.5. The van der Waals surface area contributed by atoms with E-state index in [9.17, 15) is 4.79 Å². The van der Waals surface area contributed by atoms with Crippen molar-refractivity contribution in [3.8, 4) is 5.75 Å². The van der Waals surface area contributed by atoms with E-state index in [2.05, 4.69) is 75.2 Å². The highest BCUT2D eigenvalue weighted by molar-refractivity contribution is 5.88. The Morgan fingerprint density at radius 2 is 1.79 bits per heavy atom. The number of nitrogens with zero attached hydrogens (tertiary/aromatic N) is 1. The van der Waals surface area contributed by atoms with Gasteiger partial charge in [-0.2, -0.15) is 0 Å². The van der Waals surface area contributed by atoms with Gasteiger partial charge in [-0.15, -0.1) is 0 Å². The Bertz CT molecular complexity index is 1070. The van der Waals surface area contributed by atoms with Crippen molar-refractivity contribution >= 4 is 16.7 Å². The minimum atomic E-state index is 0.274. The molecule has 1 heterocycles. The topological polar surface area (TPSA) is 29.5 Å². The van der Waals surface area contributed by atoms with E-state index in [0.29, 0.717) is 29.4 Å². The molecule has 1 amide bonds. The molecule has 4 fully saturated rings. The zero-order chi connectivity index (χ0) is 23.0. The molecule has 176 valence electrons. The van der Waals surface area contributed by atoms with Crippen LogP contribution in [0.1, 0.15) is 65.7 Å². The molecule has 3 aliphatic carbocycles. The Kier molecular flexibility index (Phi) is 4.88. The molecule has 3 heteroatoms.